The van der Waals surface area contributed by atoms with Crippen molar-refractivity contribution in [2.45, 2.75) is 123 Å². The number of methoxy groups -OCH3 is 1. The number of amides is 4. The number of nitrogens with zero attached hydrogens (tertiary/aromatic N) is 4. The molecule has 1 aromatic carbocycles. The van der Waals surface area contributed by atoms with E-state index in [0.717, 1.165) is 12.8 Å². The number of likely N-dealkylation sites (tertiary alicyclic amines) is 1. The number of benzene rings is 1. The van der Waals surface area contributed by atoms with E-state index in [0.29, 0.717) is 41.1 Å². The predicted molar refractivity (Wildman–Crippen MR) is 199 cm³/mol. The van der Waals surface area contributed by atoms with Crippen molar-refractivity contribution in [2.75, 3.05) is 13.7 Å². The second-order valence-corrected chi connectivity index (χ2v) is 16.1. The summed E-state index contributed by atoms with van der Waals surface area (Å²) in [5.74, 6) is -0.193. The van der Waals surface area contributed by atoms with Gasteiger partial charge < -0.3 is 35.4 Å². The maximum Gasteiger partial charge on any atom is 0.315 e. The number of ketones is 1. The van der Waals surface area contributed by atoms with Gasteiger partial charge in [-0.3, -0.25) is 19.7 Å². The van der Waals surface area contributed by atoms with Crippen molar-refractivity contribution in [1.82, 2.24) is 40.9 Å². The molecule has 2 aromatic heterocycles. The van der Waals surface area contributed by atoms with Crippen molar-refractivity contribution < 1.29 is 33.8 Å². The van der Waals surface area contributed by atoms with Crippen LogP contribution in [0.25, 0.3) is 16.7 Å². The first kappa shape index (κ1) is 39.4. The van der Waals surface area contributed by atoms with Gasteiger partial charge in [0.1, 0.15) is 29.9 Å². The van der Waals surface area contributed by atoms with E-state index < -0.39 is 65.0 Å². The SMILES string of the molecule is CCC[C@H](NC(O)[C@@H]1C[C@@H](Oc2cc(-n3cccn3)nc3cc(OC)ccc23)CN1C(=O)C(NC(=O)NC(C)(C)C)C(C)(C)C)C(=O)C(=O)NC1CC1. The number of fused-ring (bicyclic) bond motifs is 1. The molecule has 1 aliphatic carbocycles. The van der Waals surface area contributed by atoms with Gasteiger partial charge >= 0.3 is 6.03 Å². The third-order valence-corrected chi connectivity index (χ3v) is 9.23. The normalized spacial score (nSPS) is 19.3. The topological polar surface area (TPSA) is 189 Å². The lowest BCUT2D eigenvalue weighted by Crippen LogP contribution is -2.62. The summed E-state index contributed by atoms with van der Waals surface area (Å²) in [5.41, 5.74) is -0.678. The summed E-state index contributed by atoms with van der Waals surface area (Å²) in [6.07, 6.45) is 4.07. The van der Waals surface area contributed by atoms with Crippen LogP contribution in [0, 0.1) is 5.41 Å². The Morgan fingerprint density at radius 2 is 1.81 bits per heavy atom. The molecule has 15 heteroatoms. The number of hydrogen-bond donors (Lipinski definition) is 5. The third kappa shape index (κ3) is 10.0. The Morgan fingerprint density at radius 3 is 2.42 bits per heavy atom. The number of hydrogen-bond acceptors (Lipinski definition) is 10. The van der Waals surface area contributed by atoms with Crippen LogP contribution >= 0.6 is 0 Å². The van der Waals surface area contributed by atoms with E-state index in [-0.39, 0.29) is 19.0 Å². The fraction of sp³-hybridized carbons (Fsp3) is 0.579. The zero-order valence-corrected chi connectivity index (χ0v) is 31.9. The average molecular weight is 735 g/mol. The molecular weight excluding hydrogens is 680 g/mol. The van der Waals surface area contributed by atoms with E-state index in [4.69, 9.17) is 14.5 Å². The number of nitrogens with one attached hydrogen (secondary N) is 4. The van der Waals surface area contributed by atoms with Crippen LogP contribution in [-0.4, -0.2) is 104 Å². The second kappa shape index (κ2) is 16.1. The Kier molecular flexibility index (Phi) is 12.0. The standard InChI is InChI=1S/C38H54N8O7/c1-9-11-26(31(47)34(49)40-22-12-13-22)42-33(48)28-19-24(21-45(28)35(50)32(37(2,3)4)43-36(51)44-38(5,6)7)53-29-20-30(46-17-10-16-39-46)41-27-18-23(52-8)14-15-25(27)29/h10,14-18,20,22,24,26,28,32-33,42,48H,9,11-13,19,21H2,1-8H3,(H,40,49)(H2,43,44,51)/t24-,26+,28+,32?,33?/m1/s1. The smallest absolute Gasteiger partial charge is 0.315 e. The second-order valence-electron chi connectivity index (χ2n) is 16.1. The number of carbonyl (C=O) groups excluding carboxylic acids is 4. The van der Waals surface area contributed by atoms with E-state index in [1.54, 1.807) is 48.5 Å². The number of aromatic nitrogens is 3. The summed E-state index contributed by atoms with van der Waals surface area (Å²) in [7, 11) is 1.57. The molecule has 1 saturated carbocycles. The zero-order chi connectivity index (χ0) is 38.7. The molecule has 0 spiro atoms. The molecule has 3 aromatic rings. The molecule has 15 nitrogen and oxygen atoms in total. The van der Waals surface area contributed by atoms with Crippen molar-refractivity contribution >= 4 is 34.5 Å². The molecule has 1 aliphatic heterocycles. The molecule has 5 atom stereocenters. The molecular formula is C38H54N8O7. The van der Waals surface area contributed by atoms with Gasteiger partial charge in [0.2, 0.25) is 11.7 Å². The molecule has 5 rings (SSSR count). The maximum absolute atomic E-state index is 14.6. The summed E-state index contributed by atoms with van der Waals surface area (Å²) in [5, 5.41) is 28.3. The van der Waals surface area contributed by atoms with E-state index in [9.17, 15) is 24.3 Å². The van der Waals surface area contributed by atoms with Crippen LogP contribution in [0.3, 0.4) is 0 Å². The van der Waals surface area contributed by atoms with E-state index in [1.807, 2.05) is 54.5 Å². The minimum atomic E-state index is -1.41. The van der Waals surface area contributed by atoms with Gasteiger partial charge in [0.25, 0.3) is 5.91 Å². The fourth-order valence-electron chi connectivity index (χ4n) is 6.41. The van der Waals surface area contributed by atoms with Crippen molar-refractivity contribution in [3.8, 4) is 17.3 Å². The van der Waals surface area contributed by atoms with Crippen LogP contribution in [-0.2, 0) is 14.4 Å². The first-order valence-electron chi connectivity index (χ1n) is 18.3. The molecule has 2 aliphatic rings. The van der Waals surface area contributed by atoms with Crippen LogP contribution in [0.2, 0.25) is 0 Å². The monoisotopic (exact) mass is 734 g/mol. The fourth-order valence-corrected chi connectivity index (χ4v) is 6.41. The van der Waals surface area contributed by atoms with Crippen LogP contribution in [0.5, 0.6) is 11.5 Å². The lowest BCUT2D eigenvalue weighted by atomic mass is 9.85. The lowest BCUT2D eigenvalue weighted by molar-refractivity contribution is -0.142. The van der Waals surface area contributed by atoms with Gasteiger partial charge in [-0.1, -0.05) is 34.1 Å². The summed E-state index contributed by atoms with van der Waals surface area (Å²) >= 11 is 0. The minimum Gasteiger partial charge on any atom is -0.497 e. The first-order chi connectivity index (χ1) is 25.0. The Balaban J connectivity index is 1.47. The van der Waals surface area contributed by atoms with E-state index in [1.165, 1.54) is 4.90 Å². The van der Waals surface area contributed by atoms with Gasteiger partial charge in [-0.2, -0.15) is 5.10 Å². The van der Waals surface area contributed by atoms with Gasteiger partial charge in [-0.05, 0) is 63.6 Å². The van der Waals surface area contributed by atoms with Gasteiger partial charge in [-0.15, -0.1) is 0 Å². The van der Waals surface area contributed by atoms with Crippen LogP contribution < -0.4 is 30.7 Å². The number of urea groups is 1. The molecule has 0 radical (unpaired) electrons. The van der Waals surface area contributed by atoms with Gasteiger partial charge in [0, 0.05) is 47.9 Å². The van der Waals surface area contributed by atoms with E-state index >= 15 is 0 Å². The van der Waals surface area contributed by atoms with Gasteiger partial charge in [0.15, 0.2) is 5.82 Å². The maximum atomic E-state index is 14.6. The Hall–Kier alpha value is -4.76. The van der Waals surface area contributed by atoms with Crippen LogP contribution in [0.15, 0.2) is 42.7 Å². The number of aliphatic hydroxyl groups is 1. The highest BCUT2D eigenvalue weighted by molar-refractivity contribution is 6.38. The molecule has 288 valence electrons. The molecule has 0 bridgehead atoms. The molecule has 5 N–H and O–H groups in total. The predicted octanol–water partition coefficient (Wildman–Crippen LogP) is 3.21. The highest BCUT2D eigenvalue weighted by Gasteiger charge is 2.46. The molecule has 2 unspecified atom stereocenters. The van der Waals surface area contributed by atoms with Crippen LogP contribution in [0.1, 0.15) is 80.6 Å². The van der Waals surface area contributed by atoms with Crippen LogP contribution in [0.4, 0.5) is 4.79 Å². The third-order valence-electron chi connectivity index (χ3n) is 9.23. The summed E-state index contributed by atoms with van der Waals surface area (Å²) in [6.45, 7) is 13.0. The number of carbonyl (C=O) groups is 4. The Labute approximate surface area is 310 Å². The largest absolute Gasteiger partial charge is 0.497 e. The number of ether oxygens (including phenoxy) is 2. The number of pyridine rings is 1. The molecule has 4 amide bonds. The molecule has 1 saturated heterocycles. The van der Waals surface area contributed by atoms with Crippen molar-refractivity contribution in [3.05, 3.63) is 42.7 Å². The number of aliphatic hydroxyl groups excluding tert-OH is 1. The highest BCUT2D eigenvalue weighted by Crippen LogP contribution is 2.34. The lowest BCUT2D eigenvalue weighted by Gasteiger charge is -2.37. The number of rotatable bonds is 14. The minimum absolute atomic E-state index is 0.00372. The summed E-state index contributed by atoms with van der Waals surface area (Å²) < 4.78 is 13.7. The van der Waals surface area contributed by atoms with Crippen molar-refractivity contribution in [1.29, 1.82) is 0 Å². The Bertz CT molecular complexity index is 1780. The zero-order valence-electron chi connectivity index (χ0n) is 31.9. The van der Waals surface area contributed by atoms with E-state index in [2.05, 4.69) is 26.4 Å². The average Bonchev–Trinajstić information content (AvgIpc) is 3.53. The van der Waals surface area contributed by atoms with Crippen molar-refractivity contribution in [3.63, 3.8) is 0 Å². The van der Waals surface area contributed by atoms with Gasteiger partial charge in [0.05, 0.1) is 31.3 Å². The first-order valence-corrected chi connectivity index (χ1v) is 18.3. The highest BCUT2D eigenvalue weighted by atomic mass is 16.5. The quantitative estimate of drug-likeness (QED) is 0.122. The summed E-state index contributed by atoms with van der Waals surface area (Å²) in [6, 6.07) is 5.63. The molecule has 2 fully saturated rings. The Morgan fingerprint density at radius 1 is 1.08 bits per heavy atom. The molecule has 53 heavy (non-hydrogen) atoms. The van der Waals surface area contributed by atoms with Crippen molar-refractivity contribution in [2.24, 2.45) is 5.41 Å². The molecule has 3 heterocycles. The number of Topliss-reactive ketones (excluding diaryl/α,β-unsaturated/α-hetero) is 1. The summed E-state index contributed by atoms with van der Waals surface area (Å²) in [4.78, 5) is 60.0. The van der Waals surface area contributed by atoms with Gasteiger partial charge in [-0.25, -0.2) is 14.5 Å².